The Hall–Kier alpha value is -1.20. The molecule has 1 aliphatic rings. The van der Waals surface area contributed by atoms with Gasteiger partial charge in [-0.05, 0) is 18.9 Å². The van der Waals surface area contributed by atoms with Gasteiger partial charge in [-0.2, -0.15) is 11.8 Å². The second-order valence-corrected chi connectivity index (χ2v) is 7.23. The molecule has 128 valence electrons. The highest BCUT2D eigenvalue weighted by Crippen LogP contribution is 2.14. The maximum absolute atomic E-state index is 5.44. The molecule has 4 nitrogen and oxygen atoms in total. The first kappa shape index (κ1) is 18.1. The summed E-state index contributed by atoms with van der Waals surface area (Å²) in [7, 11) is 3.95. The third kappa shape index (κ3) is 6.43. The van der Waals surface area contributed by atoms with Crippen molar-refractivity contribution in [3.63, 3.8) is 0 Å². The van der Waals surface area contributed by atoms with Crippen molar-refractivity contribution in [1.82, 2.24) is 10.2 Å². The van der Waals surface area contributed by atoms with Crippen molar-refractivity contribution in [1.29, 1.82) is 0 Å². The van der Waals surface area contributed by atoms with Gasteiger partial charge in [0.15, 0.2) is 5.96 Å². The van der Waals surface area contributed by atoms with E-state index in [2.05, 4.69) is 53.4 Å². The largest absolute Gasteiger partial charge is 0.381 e. The van der Waals surface area contributed by atoms with Crippen LogP contribution >= 0.6 is 11.8 Å². The summed E-state index contributed by atoms with van der Waals surface area (Å²) in [5, 5.41) is 3.45. The molecule has 0 spiro atoms. The molecule has 1 atom stereocenters. The van der Waals surface area contributed by atoms with Gasteiger partial charge < -0.3 is 15.0 Å². The first-order valence-electron chi connectivity index (χ1n) is 8.32. The van der Waals surface area contributed by atoms with Crippen molar-refractivity contribution in [2.75, 3.05) is 46.2 Å². The molecule has 1 N–H and O–H groups in total. The fourth-order valence-corrected chi connectivity index (χ4v) is 3.51. The van der Waals surface area contributed by atoms with Crippen LogP contribution in [-0.2, 0) is 10.5 Å². The summed E-state index contributed by atoms with van der Waals surface area (Å²) in [5.41, 5.74) is 2.71. The quantitative estimate of drug-likeness (QED) is 0.472. The standard InChI is InChI=1S/C18H29N3OS/c1-15-4-6-16(7-5-15)14-23-11-9-20-18(19-2)21(3)12-17-8-10-22-13-17/h4-7,17H,8-14H2,1-3H3,(H,19,20). The van der Waals surface area contributed by atoms with Crippen molar-refractivity contribution < 1.29 is 4.74 Å². The fraction of sp³-hybridized carbons (Fsp3) is 0.611. The number of hydrogen-bond donors (Lipinski definition) is 1. The first-order chi connectivity index (χ1) is 11.2. The second-order valence-electron chi connectivity index (χ2n) is 6.12. The minimum atomic E-state index is 0.634. The lowest BCUT2D eigenvalue weighted by atomic mass is 10.1. The van der Waals surface area contributed by atoms with Gasteiger partial charge in [0.25, 0.3) is 0 Å². The van der Waals surface area contributed by atoms with Gasteiger partial charge in [-0.1, -0.05) is 29.8 Å². The molecule has 5 heteroatoms. The summed E-state index contributed by atoms with van der Waals surface area (Å²) in [4.78, 5) is 6.59. The minimum absolute atomic E-state index is 0.634. The Morgan fingerprint density at radius 3 is 2.83 bits per heavy atom. The van der Waals surface area contributed by atoms with Crippen LogP contribution in [-0.4, -0.2) is 57.0 Å². The number of thioether (sulfide) groups is 1. The van der Waals surface area contributed by atoms with E-state index in [1.807, 2.05) is 18.8 Å². The zero-order valence-electron chi connectivity index (χ0n) is 14.5. The van der Waals surface area contributed by atoms with Crippen LogP contribution in [0.3, 0.4) is 0 Å². The molecule has 0 aromatic heterocycles. The van der Waals surface area contributed by atoms with Gasteiger partial charge in [0, 0.05) is 51.2 Å². The molecule has 0 amide bonds. The SMILES string of the molecule is CN=C(NCCSCc1ccc(C)cc1)N(C)CC1CCOC1. The molecular weight excluding hydrogens is 306 g/mol. The summed E-state index contributed by atoms with van der Waals surface area (Å²) >= 11 is 1.95. The molecule has 1 fully saturated rings. The smallest absolute Gasteiger partial charge is 0.193 e. The average molecular weight is 336 g/mol. The van der Waals surface area contributed by atoms with Crippen LogP contribution in [0.5, 0.6) is 0 Å². The van der Waals surface area contributed by atoms with E-state index < -0.39 is 0 Å². The highest BCUT2D eigenvalue weighted by atomic mass is 32.2. The zero-order chi connectivity index (χ0) is 16.5. The maximum Gasteiger partial charge on any atom is 0.193 e. The van der Waals surface area contributed by atoms with Gasteiger partial charge in [0.05, 0.1) is 6.61 Å². The Labute approximate surface area is 144 Å². The number of nitrogens with one attached hydrogen (secondary N) is 1. The highest BCUT2D eigenvalue weighted by molar-refractivity contribution is 7.98. The summed E-state index contributed by atoms with van der Waals surface area (Å²) in [6.07, 6.45) is 1.16. The van der Waals surface area contributed by atoms with E-state index in [-0.39, 0.29) is 0 Å². The number of nitrogens with zero attached hydrogens (tertiary/aromatic N) is 2. The third-order valence-electron chi connectivity index (χ3n) is 4.05. The average Bonchev–Trinajstić information content (AvgIpc) is 3.05. The molecule has 1 heterocycles. The molecule has 1 aromatic rings. The van der Waals surface area contributed by atoms with Gasteiger partial charge in [-0.25, -0.2) is 0 Å². The molecule has 1 aromatic carbocycles. The van der Waals surface area contributed by atoms with Crippen molar-refractivity contribution in [3.05, 3.63) is 35.4 Å². The van der Waals surface area contributed by atoms with Gasteiger partial charge in [0.2, 0.25) is 0 Å². The molecule has 1 aliphatic heterocycles. The van der Waals surface area contributed by atoms with Crippen LogP contribution in [0.25, 0.3) is 0 Å². The van der Waals surface area contributed by atoms with Crippen LogP contribution in [0.1, 0.15) is 17.5 Å². The molecule has 1 saturated heterocycles. The molecule has 0 aliphatic carbocycles. The van der Waals surface area contributed by atoms with Crippen LogP contribution in [0.4, 0.5) is 0 Å². The molecule has 0 saturated carbocycles. The monoisotopic (exact) mass is 335 g/mol. The number of benzene rings is 1. The predicted octanol–water partition coefficient (Wildman–Crippen LogP) is 2.77. The first-order valence-corrected chi connectivity index (χ1v) is 9.47. The molecule has 0 radical (unpaired) electrons. The van der Waals surface area contributed by atoms with Crippen molar-refractivity contribution in [2.24, 2.45) is 10.9 Å². The highest BCUT2D eigenvalue weighted by Gasteiger charge is 2.18. The zero-order valence-corrected chi connectivity index (χ0v) is 15.4. The number of rotatable bonds is 7. The predicted molar refractivity (Wildman–Crippen MR) is 100 cm³/mol. The summed E-state index contributed by atoms with van der Waals surface area (Å²) in [6.45, 7) is 5.86. The van der Waals surface area contributed by atoms with E-state index in [1.165, 1.54) is 11.1 Å². The van der Waals surface area contributed by atoms with E-state index in [0.717, 1.165) is 50.2 Å². The lowest BCUT2D eigenvalue weighted by Gasteiger charge is -2.24. The van der Waals surface area contributed by atoms with Crippen LogP contribution in [0.2, 0.25) is 0 Å². The fourth-order valence-electron chi connectivity index (χ4n) is 2.70. The molecule has 23 heavy (non-hydrogen) atoms. The number of ether oxygens (including phenoxy) is 1. The Bertz CT molecular complexity index is 484. The Kier molecular flexibility index (Phi) is 7.76. The van der Waals surface area contributed by atoms with Crippen molar-refractivity contribution in [2.45, 2.75) is 19.1 Å². The lowest BCUT2D eigenvalue weighted by molar-refractivity contribution is 0.181. The second kappa shape index (κ2) is 9.83. The van der Waals surface area contributed by atoms with Crippen molar-refractivity contribution in [3.8, 4) is 0 Å². The van der Waals surface area contributed by atoms with Gasteiger partial charge in [-0.15, -0.1) is 0 Å². The molecule has 2 rings (SSSR count). The Balaban J connectivity index is 1.62. The Morgan fingerprint density at radius 2 is 2.17 bits per heavy atom. The van der Waals surface area contributed by atoms with E-state index in [1.54, 1.807) is 0 Å². The van der Waals surface area contributed by atoms with Crippen molar-refractivity contribution >= 4 is 17.7 Å². The van der Waals surface area contributed by atoms with E-state index in [4.69, 9.17) is 4.74 Å². The number of aliphatic imine (C=N–C) groups is 1. The van der Waals surface area contributed by atoms with E-state index in [0.29, 0.717) is 5.92 Å². The van der Waals surface area contributed by atoms with Crippen LogP contribution < -0.4 is 5.32 Å². The summed E-state index contributed by atoms with van der Waals surface area (Å²) in [5.74, 6) is 3.76. The summed E-state index contributed by atoms with van der Waals surface area (Å²) in [6, 6.07) is 8.79. The van der Waals surface area contributed by atoms with Crippen LogP contribution in [0, 0.1) is 12.8 Å². The normalized spacial score (nSPS) is 18.2. The Morgan fingerprint density at radius 1 is 1.39 bits per heavy atom. The third-order valence-corrected chi connectivity index (χ3v) is 5.08. The summed E-state index contributed by atoms with van der Waals surface area (Å²) < 4.78 is 5.44. The lowest BCUT2D eigenvalue weighted by Crippen LogP contribution is -2.42. The minimum Gasteiger partial charge on any atom is -0.381 e. The topological polar surface area (TPSA) is 36.9 Å². The maximum atomic E-state index is 5.44. The van der Waals surface area contributed by atoms with Gasteiger partial charge in [0.1, 0.15) is 0 Å². The number of guanidine groups is 1. The van der Waals surface area contributed by atoms with Gasteiger partial charge in [-0.3, -0.25) is 4.99 Å². The van der Waals surface area contributed by atoms with Gasteiger partial charge >= 0.3 is 0 Å². The molecule has 1 unspecified atom stereocenters. The molecule has 0 bridgehead atoms. The molecular formula is C18H29N3OS. The van der Waals surface area contributed by atoms with E-state index in [9.17, 15) is 0 Å². The number of hydrogen-bond acceptors (Lipinski definition) is 3. The van der Waals surface area contributed by atoms with E-state index >= 15 is 0 Å². The van der Waals surface area contributed by atoms with Crippen LogP contribution in [0.15, 0.2) is 29.3 Å². The number of aryl methyl sites for hydroxylation is 1.